The lowest BCUT2D eigenvalue weighted by Crippen LogP contribution is -2.43. The molecule has 0 saturated carbocycles. The molecule has 3 fully saturated rings. The molecule has 4 rings (SSSR count). The van der Waals surface area contributed by atoms with Crippen LogP contribution in [-0.2, 0) is 20.8 Å². The number of nitrogens with zero attached hydrogens (tertiary/aromatic N) is 1. The Balaban J connectivity index is 1.20. The molecule has 5 heteroatoms. The fraction of sp³-hybridized carbons (Fsp3) is 0.800. The maximum Gasteiger partial charge on any atom is 0.118 e. The molecule has 5 nitrogen and oxygen atoms in total. The van der Waals surface area contributed by atoms with Gasteiger partial charge in [0.05, 0.1) is 31.5 Å². The standard InChI is InChI=1S/C20H31NO4/c1-16-2-3-18(25-16)13-21-8-6-20(7-9-21)12-19(15-24-20)23-14-17-4-10-22-11-5-17/h2-3,17,19H,4-15H2,1H3. The van der Waals surface area contributed by atoms with Gasteiger partial charge in [0, 0.05) is 32.7 Å². The Hall–Kier alpha value is -0.880. The van der Waals surface area contributed by atoms with Gasteiger partial charge in [0.15, 0.2) is 0 Å². The molecule has 0 amide bonds. The number of hydrogen-bond donors (Lipinski definition) is 0. The molecule has 1 spiro atoms. The summed E-state index contributed by atoms with van der Waals surface area (Å²) in [6.07, 6.45) is 5.82. The minimum absolute atomic E-state index is 0.0515. The lowest BCUT2D eigenvalue weighted by molar-refractivity contribution is -0.0486. The van der Waals surface area contributed by atoms with E-state index in [2.05, 4.69) is 11.0 Å². The van der Waals surface area contributed by atoms with E-state index in [-0.39, 0.29) is 11.7 Å². The third-order valence-electron chi connectivity index (χ3n) is 6.03. The average molecular weight is 349 g/mol. The molecular weight excluding hydrogens is 318 g/mol. The van der Waals surface area contributed by atoms with Crippen molar-refractivity contribution in [3.63, 3.8) is 0 Å². The molecule has 3 aliphatic rings. The van der Waals surface area contributed by atoms with Gasteiger partial charge in [-0.25, -0.2) is 0 Å². The van der Waals surface area contributed by atoms with Crippen molar-refractivity contribution in [3.05, 3.63) is 23.7 Å². The summed E-state index contributed by atoms with van der Waals surface area (Å²) in [4.78, 5) is 2.48. The molecule has 25 heavy (non-hydrogen) atoms. The summed E-state index contributed by atoms with van der Waals surface area (Å²) in [5.41, 5.74) is 0.0515. The van der Waals surface area contributed by atoms with Crippen LogP contribution >= 0.6 is 0 Å². The normalized spacial score (nSPS) is 28.0. The van der Waals surface area contributed by atoms with E-state index in [0.29, 0.717) is 5.92 Å². The van der Waals surface area contributed by atoms with Gasteiger partial charge in [-0.2, -0.15) is 0 Å². The third kappa shape index (κ3) is 4.45. The van der Waals surface area contributed by atoms with Gasteiger partial charge < -0.3 is 18.6 Å². The van der Waals surface area contributed by atoms with Crippen molar-refractivity contribution in [1.82, 2.24) is 4.90 Å². The summed E-state index contributed by atoms with van der Waals surface area (Å²) in [6, 6.07) is 4.13. The molecule has 1 atom stereocenters. The van der Waals surface area contributed by atoms with Gasteiger partial charge in [0.2, 0.25) is 0 Å². The Morgan fingerprint density at radius 1 is 1.20 bits per heavy atom. The van der Waals surface area contributed by atoms with Crippen LogP contribution in [-0.4, -0.2) is 56.1 Å². The molecule has 0 aromatic carbocycles. The van der Waals surface area contributed by atoms with E-state index in [1.54, 1.807) is 0 Å². The van der Waals surface area contributed by atoms with Crippen LogP contribution in [0.1, 0.15) is 43.6 Å². The number of aryl methyl sites for hydroxylation is 1. The molecule has 1 aromatic rings. The van der Waals surface area contributed by atoms with Crippen LogP contribution in [0.2, 0.25) is 0 Å². The second kappa shape index (κ2) is 7.78. The maximum atomic E-state index is 6.24. The fourth-order valence-corrected chi connectivity index (χ4v) is 4.35. The lowest BCUT2D eigenvalue weighted by atomic mass is 9.88. The highest BCUT2D eigenvalue weighted by atomic mass is 16.6. The molecule has 0 N–H and O–H groups in total. The SMILES string of the molecule is Cc1ccc(CN2CCC3(CC2)CC(OCC2CCOCC2)CO3)o1. The Bertz CT molecular complexity index is 544. The Morgan fingerprint density at radius 3 is 2.72 bits per heavy atom. The zero-order chi connectivity index (χ0) is 17.1. The summed E-state index contributed by atoms with van der Waals surface area (Å²) in [6.45, 7) is 8.49. The van der Waals surface area contributed by atoms with Crippen LogP contribution in [0.3, 0.4) is 0 Å². The second-order valence-corrected chi connectivity index (χ2v) is 8.00. The number of ether oxygens (including phenoxy) is 3. The Labute approximate surface area is 150 Å². The Kier molecular flexibility index (Phi) is 5.46. The summed E-state index contributed by atoms with van der Waals surface area (Å²) < 4.78 is 23.6. The van der Waals surface area contributed by atoms with Gasteiger partial charge in [0.1, 0.15) is 11.5 Å². The smallest absolute Gasteiger partial charge is 0.118 e. The van der Waals surface area contributed by atoms with Crippen molar-refractivity contribution >= 4 is 0 Å². The number of furan rings is 1. The van der Waals surface area contributed by atoms with E-state index in [9.17, 15) is 0 Å². The number of piperidine rings is 1. The van der Waals surface area contributed by atoms with Crippen molar-refractivity contribution in [1.29, 1.82) is 0 Å². The molecule has 3 aliphatic heterocycles. The van der Waals surface area contributed by atoms with Crippen LogP contribution in [0.4, 0.5) is 0 Å². The molecule has 1 unspecified atom stereocenters. The van der Waals surface area contributed by atoms with Crippen LogP contribution < -0.4 is 0 Å². The first-order valence-electron chi connectivity index (χ1n) is 9.82. The monoisotopic (exact) mass is 349 g/mol. The van der Waals surface area contributed by atoms with Gasteiger partial charge >= 0.3 is 0 Å². The van der Waals surface area contributed by atoms with Crippen LogP contribution in [0.25, 0.3) is 0 Å². The molecule has 0 radical (unpaired) electrons. The van der Waals surface area contributed by atoms with Gasteiger partial charge in [-0.05, 0) is 50.7 Å². The molecule has 140 valence electrons. The van der Waals surface area contributed by atoms with Gasteiger partial charge in [0.25, 0.3) is 0 Å². The van der Waals surface area contributed by atoms with Crippen molar-refractivity contribution < 1.29 is 18.6 Å². The van der Waals surface area contributed by atoms with E-state index < -0.39 is 0 Å². The summed E-state index contributed by atoms with van der Waals surface area (Å²) in [5.74, 6) is 2.73. The zero-order valence-electron chi connectivity index (χ0n) is 15.4. The molecule has 4 heterocycles. The van der Waals surface area contributed by atoms with E-state index in [1.165, 1.54) is 0 Å². The van der Waals surface area contributed by atoms with Crippen molar-refractivity contribution in [2.75, 3.05) is 39.5 Å². The highest BCUT2D eigenvalue weighted by Crippen LogP contribution is 2.37. The first-order chi connectivity index (χ1) is 12.2. The summed E-state index contributed by atoms with van der Waals surface area (Å²) in [7, 11) is 0. The van der Waals surface area contributed by atoms with Crippen LogP contribution in [0.5, 0.6) is 0 Å². The first-order valence-corrected chi connectivity index (χ1v) is 9.82. The van der Waals surface area contributed by atoms with Crippen molar-refractivity contribution in [3.8, 4) is 0 Å². The third-order valence-corrected chi connectivity index (χ3v) is 6.03. The largest absolute Gasteiger partial charge is 0.465 e. The van der Waals surface area contributed by atoms with Crippen molar-refractivity contribution in [2.45, 2.75) is 57.3 Å². The average Bonchev–Trinajstić information content (AvgIpc) is 3.23. The predicted octanol–water partition coefficient (Wildman–Crippen LogP) is 3.15. The lowest BCUT2D eigenvalue weighted by Gasteiger charge is -2.38. The highest BCUT2D eigenvalue weighted by Gasteiger charge is 2.43. The second-order valence-electron chi connectivity index (χ2n) is 8.00. The molecule has 0 aliphatic carbocycles. The van der Waals surface area contributed by atoms with Crippen LogP contribution in [0.15, 0.2) is 16.5 Å². The maximum absolute atomic E-state index is 6.24. The topological polar surface area (TPSA) is 44.1 Å². The van der Waals surface area contributed by atoms with Crippen molar-refractivity contribution in [2.24, 2.45) is 5.92 Å². The molecule has 1 aromatic heterocycles. The molecular formula is C20H31NO4. The molecule has 3 saturated heterocycles. The number of rotatable bonds is 5. The van der Waals surface area contributed by atoms with E-state index in [1.807, 2.05) is 13.0 Å². The summed E-state index contributed by atoms with van der Waals surface area (Å²) in [5, 5.41) is 0. The highest BCUT2D eigenvalue weighted by molar-refractivity contribution is 5.06. The van der Waals surface area contributed by atoms with Crippen LogP contribution in [0, 0.1) is 12.8 Å². The summed E-state index contributed by atoms with van der Waals surface area (Å²) >= 11 is 0. The van der Waals surface area contributed by atoms with Gasteiger partial charge in [-0.15, -0.1) is 0 Å². The van der Waals surface area contributed by atoms with Gasteiger partial charge in [-0.3, -0.25) is 4.90 Å². The van der Waals surface area contributed by atoms with E-state index >= 15 is 0 Å². The van der Waals surface area contributed by atoms with E-state index in [0.717, 1.165) is 89.7 Å². The fourth-order valence-electron chi connectivity index (χ4n) is 4.35. The minimum Gasteiger partial charge on any atom is -0.465 e. The predicted molar refractivity (Wildman–Crippen MR) is 94.5 cm³/mol. The minimum atomic E-state index is 0.0515. The number of hydrogen-bond acceptors (Lipinski definition) is 5. The zero-order valence-corrected chi connectivity index (χ0v) is 15.4. The first kappa shape index (κ1) is 17.5. The van der Waals surface area contributed by atoms with E-state index in [4.69, 9.17) is 18.6 Å². The number of likely N-dealkylation sites (tertiary alicyclic amines) is 1. The van der Waals surface area contributed by atoms with Gasteiger partial charge in [-0.1, -0.05) is 0 Å². The Morgan fingerprint density at radius 2 is 2.00 bits per heavy atom. The molecule has 0 bridgehead atoms. The quantitative estimate of drug-likeness (QED) is 0.817.